The van der Waals surface area contributed by atoms with Crippen molar-refractivity contribution in [2.24, 2.45) is 41.4 Å². The van der Waals surface area contributed by atoms with E-state index in [9.17, 15) is 0 Å². The highest BCUT2D eigenvalue weighted by Gasteiger charge is 2.43. The van der Waals surface area contributed by atoms with E-state index >= 15 is 0 Å². The van der Waals surface area contributed by atoms with Gasteiger partial charge in [0, 0.05) is 0 Å². The van der Waals surface area contributed by atoms with Crippen LogP contribution < -0.4 is 0 Å². The monoisotopic (exact) mass is 456 g/mol. The molecule has 0 amide bonds. The highest BCUT2D eigenvalue weighted by atomic mass is 14.5. The molecule has 0 aliphatic heterocycles. The predicted octanol–water partition coefficient (Wildman–Crippen LogP) is 11.1. The third-order valence-corrected chi connectivity index (χ3v) is 11.2. The van der Waals surface area contributed by atoms with Crippen molar-refractivity contribution in [1.29, 1.82) is 0 Å². The third-order valence-electron chi connectivity index (χ3n) is 11.2. The molecule has 33 heavy (non-hydrogen) atoms. The maximum Gasteiger partial charge on any atom is -0.0326 e. The van der Waals surface area contributed by atoms with Gasteiger partial charge in [0.15, 0.2) is 0 Å². The van der Waals surface area contributed by atoms with Crippen molar-refractivity contribution < 1.29 is 0 Å². The summed E-state index contributed by atoms with van der Waals surface area (Å²) < 4.78 is 0. The van der Waals surface area contributed by atoms with Crippen molar-refractivity contribution >= 4 is 0 Å². The van der Waals surface area contributed by atoms with Gasteiger partial charge in [0.2, 0.25) is 0 Å². The van der Waals surface area contributed by atoms with E-state index in [1.165, 1.54) is 64.2 Å². The predicted molar refractivity (Wildman–Crippen MR) is 146 cm³/mol. The standard InChI is InChI=1S/C33H60/c1-27-26-31(24-14-20-28-16-8-6-9-17-28)33(30-22-12-4-2-3-5-13-23-30)32(27)25-15-21-29-18-10-7-11-19-29/h27-33H,2-26H2,1H3. The lowest BCUT2D eigenvalue weighted by Gasteiger charge is -2.35. The summed E-state index contributed by atoms with van der Waals surface area (Å²) in [6.45, 7) is 2.68. The topological polar surface area (TPSA) is 0 Å². The van der Waals surface area contributed by atoms with Crippen LogP contribution in [0.1, 0.15) is 167 Å². The molecule has 0 aromatic carbocycles. The van der Waals surface area contributed by atoms with E-state index in [2.05, 4.69) is 6.92 Å². The molecule has 4 unspecified atom stereocenters. The lowest BCUT2D eigenvalue weighted by Crippen LogP contribution is -2.26. The second-order valence-corrected chi connectivity index (χ2v) is 13.5. The molecule has 0 aromatic heterocycles. The van der Waals surface area contributed by atoms with Crippen molar-refractivity contribution in [3.63, 3.8) is 0 Å². The maximum atomic E-state index is 2.68. The number of rotatable bonds is 9. The van der Waals surface area contributed by atoms with Crippen molar-refractivity contribution in [2.45, 2.75) is 167 Å². The molecule has 4 aliphatic carbocycles. The Kier molecular flexibility index (Phi) is 11.5. The van der Waals surface area contributed by atoms with Crippen LogP contribution in [-0.2, 0) is 0 Å². The van der Waals surface area contributed by atoms with Gasteiger partial charge in [-0.2, -0.15) is 0 Å². The minimum absolute atomic E-state index is 1.01. The summed E-state index contributed by atoms with van der Waals surface area (Å²) in [4.78, 5) is 0. The Labute approximate surface area is 208 Å². The second kappa shape index (κ2) is 14.5. The highest BCUT2D eigenvalue weighted by Crippen LogP contribution is 2.52. The molecule has 4 atom stereocenters. The molecule has 0 radical (unpaired) electrons. The van der Waals surface area contributed by atoms with Crippen LogP contribution in [0, 0.1) is 41.4 Å². The summed E-state index contributed by atoms with van der Waals surface area (Å²) in [5.74, 6) is 7.50. The smallest absolute Gasteiger partial charge is 0.0326 e. The summed E-state index contributed by atoms with van der Waals surface area (Å²) in [7, 11) is 0. The molecule has 0 saturated heterocycles. The molecule has 0 spiro atoms. The van der Waals surface area contributed by atoms with Crippen molar-refractivity contribution in [3.05, 3.63) is 0 Å². The zero-order valence-corrected chi connectivity index (χ0v) is 22.7. The molecule has 4 aliphatic rings. The molecule has 4 rings (SSSR count). The number of hydrogen-bond acceptors (Lipinski definition) is 0. The maximum absolute atomic E-state index is 2.68. The Morgan fingerprint density at radius 2 is 0.939 bits per heavy atom. The summed E-state index contributed by atoms with van der Waals surface area (Å²) in [6.07, 6.45) is 38.7. The minimum atomic E-state index is 1.01. The summed E-state index contributed by atoms with van der Waals surface area (Å²) in [6, 6.07) is 0. The van der Waals surface area contributed by atoms with Gasteiger partial charge in [-0.25, -0.2) is 0 Å². The van der Waals surface area contributed by atoms with Crippen molar-refractivity contribution in [3.8, 4) is 0 Å². The van der Waals surface area contributed by atoms with Crippen LogP contribution in [-0.4, -0.2) is 0 Å². The second-order valence-electron chi connectivity index (χ2n) is 13.5. The Morgan fingerprint density at radius 1 is 0.485 bits per heavy atom. The molecule has 0 heterocycles. The highest BCUT2D eigenvalue weighted by molar-refractivity contribution is 4.93. The molecule has 4 fully saturated rings. The molecular formula is C33H60. The molecule has 0 N–H and O–H groups in total. The lowest BCUT2D eigenvalue weighted by atomic mass is 9.70. The van der Waals surface area contributed by atoms with Crippen LogP contribution >= 0.6 is 0 Å². The fraction of sp³-hybridized carbons (Fsp3) is 1.00. The molecular weight excluding hydrogens is 396 g/mol. The molecule has 0 aromatic rings. The van der Waals surface area contributed by atoms with E-state index < -0.39 is 0 Å². The quantitative estimate of drug-likeness (QED) is 0.323. The van der Waals surface area contributed by atoms with Crippen LogP contribution in [0.2, 0.25) is 0 Å². The average Bonchev–Trinajstić information content (AvgIpc) is 3.22. The van der Waals surface area contributed by atoms with Crippen LogP contribution in [0.15, 0.2) is 0 Å². The number of hydrogen-bond donors (Lipinski definition) is 0. The van der Waals surface area contributed by atoms with Crippen molar-refractivity contribution in [2.75, 3.05) is 0 Å². The first-order valence-corrected chi connectivity index (χ1v) is 16.3. The van der Waals surface area contributed by atoms with Crippen LogP contribution in [0.25, 0.3) is 0 Å². The Hall–Kier alpha value is 0. The van der Waals surface area contributed by atoms with Crippen LogP contribution in [0.4, 0.5) is 0 Å². The van der Waals surface area contributed by atoms with Gasteiger partial charge in [-0.3, -0.25) is 0 Å². The van der Waals surface area contributed by atoms with E-state index in [0.717, 1.165) is 41.4 Å². The zero-order chi connectivity index (χ0) is 22.7. The van der Waals surface area contributed by atoms with E-state index in [0.29, 0.717) is 0 Å². The molecule has 192 valence electrons. The first-order chi connectivity index (χ1) is 16.3. The zero-order valence-electron chi connectivity index (χ0n) is 22.7. The van der Waals surface area contributed by atoms with E-state index in [1.807, 2.05) is 0 Å². The Bertz CT molecular complexity index is 486. The normalized spacial score (nSPS) is 34.1. The van der Waals surface area contributed by atoms with Gasteiger partial charge in [-0.1, -0.05) is 155 Å². The summed E-state index contributed by atoms with van der Waals surface area (Å²) in [5, 5.41) is 0. The molecule has 0 bridgehead atoms. The lowest BCUT2D eigenvalue weighted by molar-refractivity contribution is 0.148. The summed E-state index contributed by atoms with van der Waals surface area (Å²) in [5.41, 5.74) is 0. The SMILES string of the molecule is CC1CC(CCCC2CCCCC2)C(C2CCCCCCCC2)C1CCCC1CCCCC1. The first-order valence-electron chi connectivity index (χ1n) is 16.3. The van der Waals surface area contributed by atoms with Gasteiger partial charge in [-0.15, -0.1) is 0 Å². The van der Waals surface area contributed by atoms with Gasteiger partial charge in [0.05, 0.1) is 0 Å². The molecule has 0 nitrogen and oxygen atoms in total. The molecule has 0 heteroatoms. The fourth-order valence-corrected chi connectivity index (χ4v) is 9.37. The average molecular weight is 457 g/mol. The van der Waals surface area contributed by atoms with Gasteiger partial charge in [0.1, 0.15) is 0 Å². The van der Waals surface area contributed by atoms with Gasteiger partial charge in [0.25, 0.3) is 0 Å². The first kappa shape index (κ1) is 26.1. The molecule has 4 saturated carbocycles. The summed E-state index contributed by atoms with van der Waals surface area (Å²) >= 11 is 0. The largest absolute Gasteiger partial charge is 0.0622 e. The van der Waals surface area contributed by atoms with E-state index in [4.69, 9.17) is 0 Å². The van der Waals surface area contributed by atoms with Gasteiger partial charge in [-0.05, 0) is 54.3 Å². The van der Waals surface area contributed by atoms with Gasteiger partial charge >= 0.3 is 0 Å². The van der Waals surface area contributed by atoms with Crippen LogP contribution in [0.3, 0.4) is 0 Å². The Morgan fingerprint density at radius 3 is 1.52 bits per heavy atom. The van der Waals surface area contributed by atoms with Crippen LogP contribution in [0.5, 0.6) is 0 Å². The van der Waals surface area contributed by atoms with E-state index in [-0.39, 0.29) is 0 Å². The minimum Gasteiger partial charge on any atom is -0.0622 e. The Balaban J connectivity index is 1.34. The van der Waals surface area contributed by atoms with Crippen molar-refractivity contribution in [1.82, 2.24) is 0 Å². The fourth-order valence-electron chi connectivity index (χ4n) is 9.37. The third kappa shape index (κ3) is 8.27. The van der Waals surface area contributed by atoms with Gasteiger partial charge < -0.3 is 0 Å². The van der Waals surface area contributed by atoms with E-state index in [1.54, 1.807) is 96.3 Å².